The Labute approximate surface area is 87.7 Å². The van der Waals surface area contributed by atoms with Crippen molar-refractivity contribution >= 4 is 15.9 Å². The van der Waals surface area contributed by atoms with Gasteiger partial charge in [-0.25, -0.2) is 9.87 Å². The highest BCUT2D eigenvalue weighted by molar-refractivity contribution is 9.10. The number of rotatable bonds is 2. The van der Waals surface area contributed by atoms with E-state index in [-0.39, 0.29) is 19.1 Å². The highest BCUT2D eigenvalue weighted by atomic mass is 79.9. The van der Waals surface area contributed by atoms with Gasteiger partial charge in [0.15, 0.2) is 11.6 Å². The molecule has 1 aliphatic heterocycles. The van der Waals surface area contributed by atoms with Crippen molar-refractivity contribution < 1.29 is 19.1 Å². The normalized spacial score (nSPS) is 13.4. The van der Waals surface area contributed by atoms with Crippen LogP contribution in [-0.2, 0) is 6.54 Å². The molecule has 1 aromatic rings. The van der Waals surface area contributed by atoms with Crippen LogP contribution in [0.4, 0.5) is 4.39 Å². The first-order valence-corrected chi connectivity index (χ1v) is 4.66. The summed E-state index contributed by atoms with van der Waals surface area (Å²) in [6, 6.07) is 1.61. The van der Waals surface area contributed by atoms with Crippen molar-refractivity contribution in [3.8, 4) is 11.5 Å². The molecule has 0 amide bonds. The zero-order valence-electron chi connectivity index (χ0n) is 7.01. The van der Waals surface area contributed by atoms with Crippen LogP contribution in [0.15, 0.2) is 10.5 Å². The van der Waals surface area contributed by atoms with Gasteiger partial charge in [-0.2, -0.15) is 0 Å². The number of benzene rings is 1. The van der Waals surface area contributed by atoms with Crippen molar-refractivity contribution in [2.24, 2.45) is 0 Å². The van der Waals surface area contributed by atoms with E-state index in [2.05, 4.69) is 15.9 Å². The third-order valence-electron chi connectivity index (χ3n) is 1.91. The summed E-state index contributed by atoms with van der Waals surface area (Å²) in [5.74, 6) is -0.0528. The van der Waals surface area contributed by atoms with E-state index in [0.717, 1.165) is 0 Å². The Balaban J connectivity index is 2.51. The van der Waals surface area contributed by atoms with Crippen molar-refractivity contribution in [3.05, 3.63) is 21.9 Å². The lowest BCUT2D eigenvalue weighted by atomic mass is 10.2. The Morgan fingerprint density at radius 1 is 1.57 bits per heavy atom. The molecule has 76 valence electrons. The largest absolute Gasteiger partial charge is 0.453 e. The summed E-state index contributed by atoms with van der Waals surface area (Å²) in [4.78, 5) is 0. The molecule has 1 aromatic carbocycles. The third-order valence-corrected chi connectivity index (χ3v) is 2.62. The summed E-state index contributed by atoms with van der Waals surface area (Å²) < 4.78 is 24.1. The second kappa shape index (κ2) is 3.72. The van der Waals surface area contributed by atoms with Gasteiger partial charge < -0.3 is 14.7 Å². The van der Waals surface area contributed by atoms with Crippen molar-refractivity contribution in [2.75, 3.05) is 6.79 Å². The minimum atomic E-state index is -0.520. The van der Waals surface area contributed by atoms with Crippen LogP contribution in [-0.4, -0.2) is 12.0 Å². The molecule has 0 bridgehead atoms. The van der Waals surface area contributed by atoms with Gasteiger partial charge >= 0.3 is 0 Å². The molecule has 0 aromatic heterocycles. The standard InChI is InChI=1S/C8H7BrFNO3/c9-5-1-6-8(14-3-13-6)7(10)4(5)2-11-12/h1,11-12H,2-3H2. The molecule has 14 heavy (non-hydrogen) atoms. The summed E-state index contributed by atoms with van der Waals surface area (Å²) in [5, 5.41) is 8.51. The molecule has 0 saturated carbocycles. The fourth-order valence-electron chi connectivity index (χ4n) is 1.25. The van der Waals surface area contributed by atoms with Gasteiger partial charge in [0.2, 0.25) is 12.5 Å². The quantitative estimate of drug-likeness (QED) is 0.799. The van der Waals surface area contributed by atoms with Crippen LogP contribution < -0.4 is 15.0 Å². The van der Waals surface area contributed by atoms with E-state index in [0.29, 0.717) is 15.8 Å². The number of hydrogen-bond acceptors (Lipinski definition) is 4. The topological polar surface area (TPSA) is 50.7 Å². The van der Waals surface area contributed by atoms with Gasteiger partial charge in [-0.1, -0.05) is 15.9 Å². The Hall–Kier alpha value is -0.850. The molecule has 4 nitrogen and oxygen atoms in total. The Morgan fingerprint density at radius 3 is 3.07 bits per heavy atom. The lowest BCUT2D eigenvalue weighted by Gasteiger charge is -2.07. The van der Waals surface area contributed by atoms with Crippen LogP contribution >= 0.6 is 15.9 Å². The van der Waals surface area contributed by atoms with Crippen LogP contribution in [0.2, 0.25) is 0 Å². The van der Waals surface area contributed by atoms with Gasteiger partial charge in [0.05, 0.1) is 0 Å². The molecule has 0 radical (unpaired) electrons. The predicted molar refractivity (Wildman–Crippen MR) is 48.8 cm³/mol. The molecule has 6 heteroatoms. The zero-order valence-corrected chi connectivity index (χ0v) is 8.60. The number of fused-ring (bicyclic) bond motifs is 1. The number of nitrogens with one attached hydrogen (secondary N) is 1. The molecule has 0 atom stereocenters. The SMILES string of the molecule is ONCc1c(Br)cc2c(c1F)OCO2. The van der Waals surface area contributed by atoms with Crippen LogP contribution in [0.5, 0.6) is 11.5 Å². The average molecular weight is 264 g/mol. The van der Waals surface area contributed by atoms with Crippen molar-refractivity contribution in [1.29, 1.82) is 0 Å². The molecular formula is C8H7BrFNO3. The molecule has 2 rings (SSSR count). The molecule has 0 aliphatic carbocycles. The summed E-state index contributed by atoms with van der Waals surface area (Å²) >= 11 is 3.18. The minimum Gasteiger partial charge on any atom is -0.453 e. The molecule has 0 unspecified atom stereocenters. The van der Waals surface area contributed by atoms with E-state index >= 15 is 0 Å². The van der Waals surface area contributed by atoms with Crippen LogP contribution in [0.25, 0.3) is 0 Å². The molecule has 0 saturated heterocycles. The Morgan fingerprint density at radius 2 is 2.36 bits per heavy atom. The van der Waals surface area contributed by atoms with E-state index in [1.807, 2.05) is 5.48 Å². The number of hydrogen-bond donors (Lipinski definition) is 2. The van der Waals surface area contributed by atoms with Gasteiger partial charge in [-0.15, -0.1) is 0 Å². The monoisotopic (exact) mass is 263 g/mol. The van der Waals surface area contributed by atoms with E-state index in [4.69, 9.17) is 14.7 Å². The fraction of sp³-hybridized carbons (Fsp3) is 0.250. The highest BCUT2D eigenvalue weighted by Gasteiger charge is 2.23. The van der Waals surface area contributed by atoms with Crippen molar-refractivity contribution in [1.82, 2.24) is 5.48 Å². The van der Waals surface area contributed by atoms with Crippen LogP contribution in [0, 0.1) is 5.82 Å². The lowest BCUT2D eigenvalue weighted by Crippen LogP contribution is -2.09. The van der Waals surface area contributed by atoms with E-state index in [9.17, 15) is 4.39 Å². The van der Waals surface area contributed by atoms with Gasteiger partial charge in [-0.3, -0.25) is 0 Å². The molecular weight excluding hydrogens is 257 g/mol. The summed E-state index contributed by atoms with van der Waals surface area (Å²) in [6.07, 6.45) is 0. The zero-order chi connectivity index (χ0) is 10.1. The predicted octanol–water partition coefficient (Wildman–Crippen LogP) is 1.80. The molecule has 2 N–H and O–H groups in total. The summed E-state index contributed by atoms with van der Waals surface area (Å²) in [5.41, 5.74) is 2.19. The van der Waals surface area contributed by atoms with E-state index in [1.54, 1.807) is 6.07 Å². The Kier molecular flexibility index (Phi) is 2.58. The Bertz CT molecular complexity index is 372. The molecule has 0 fully saturated rings. The molecule has 1 aliphatic rings. The summed E-state index contributed by atoms with van der Waals surface area (Å²) in [7, 11) is 0. The maximum absolute atomic E-state index is 13.6. The third kappa shape index (κ3) is 1.45. The molecule has 1 heterocycles. The first-order valence-electron chi connectivity index (χ1n) is 3.87. The van der Waals surface area contributed by atoms with Gasteiger partial charge in [0, 0.05) is 16.6 Å². The number of halogens is 2. The lowest BCUT2D eigenvalue weighted by molar-refractivity contribution is 0.158. The van der Waals surface area contributed by atoms with E-state index < -0.39 is 5.82 Å². The van der Waals surface area contributed by atoms with Crippen molar-refractivity contribution in [2.45, 2.75) is 6.54 Å². The average Bonchev–Trinajstić information content (AvgIpc) is 2.60. The second-order valence-electron chi connectivity index (χ2n) is 2.72. The van der Waals surface area contributed by atoms with Crippen LogP contribution in [0.3, 0.4) is 0 Å². The highest BCUT2D eigenvalue weighted by Crippen LogP contribution is 2.40. The second-order valence-corrected chi connectivity index (χ2v) is 3.57. The van der Waals surface area contributed by atoms with E-state index in [1.165, 1.54) is 0 Å². The molecule has 0 spiro atoms. The summed E-state index contributed by atoms with van der Waals surface area (Å²) in [6.45, 7) is 0.0256. The smallest absolute Gasteiger partial charge is 0.231 e. The van der Waals surface area contributed by atoms with Gasteiger partial charge in [-0.05, 0) is 6.07 Å². The van der Waals surface area contributed by atoms with Gasteiger partial charge in [0.1, 0.15) is 0 Å². The fourth-order valence-corrected chi connectivity index (χ4v) is 1.77. The number of hydroxylamine groups is 1. The first kappa shape index (κ1) is 9.70. The minimum absolute atomic E-state index is 0.00303. The van der Waals surface area contributed by atoms with Crippen molar-refractivity contribution in [3.63, 3.8) is 0 Å². The van der Waals surface area contributed by atoms with Crippen LogP contribution in [0.1, 0.15) is 5.56 Å². The van der Waals surface area contributed by atoms with Gasteiger partial charge in [0.25, 0.3) is 0 Å². The first-order chi connectivity index (χ1) is 6.74. The number of ether oxygens (including phenoxy) is 2. The maximum Gasteiger partial charge on any atom is 0.231 e. The maximum atomic E-state index is 13.6.